The number of aromatic nitrogens is 2. The third-order valence-electron chi connectivity index (χ3n) is 2.83. The van der Waals surface area contributed by atoms with Crippen molar-refractivity contribution >= 4 is 27.6 Å². The van der Waals surface area contributed by atoms with E-state index in [1.807, 2.05) is 12.3 Å². The molecule has 2 rings (SSSR count). The van der Waals surface area contributed by atoms with Crippen LogP contribution in [0.1, 0.15) is 12.0 Å². The molecular formula is C14H18BrN3O. The van der Waals surface area contributed by atoms with Gasteiger partial charge < -0.3 is 14.6 Å². The van der Waals surface area contributed by atoms with Gasteiger partial charge in [-0.3, -0.25) is 0 Å². The Morgan fingerprint density at radius 1 is 1.42 bits per heavy atom. The molecule has 1 aromatic carbocycles. The van der Waals surface area contributed by atoms with E-state index in [1.54, 1.807) is 13.3 Å². The molecular weight excluding hydrogens is 306 g/mol. The van der Waals surface area contributed by atoms with Gasteiger partial charge in [-0.05, 0) is 47.0 Å². The highest BCUT2D eigenvalue weighted by molar-refractivity contribution is 9.10. The summed E-state index contributed by atoms with van der Waals surface area (Å²) in [6.07, 6.45) is 4.75. The molecule has 19 heavy (non-hydrogen) atoms. The Morgan fingerprint density at radius 2 is 2.26 bits per heavy atom. The van der Waals surface area contributed by atoms with Gasteiger partial charge in [0.2, 0.25) is 5.95 Å². The molecule has 1 aromatic heterocycles. The van der Waals surface area contributed by atoms with Crippen molar-refractivity contribution in [2.24, 2.45) is 0 Å². The van der Waals surface area contributed by atoms with Crippen LogP contribution in [0.25, 0.3) is 0 Å². The van der Waals surface area contributed by atoms with Crippen molar-refractivity contribution in [2.75, 3.05) is 19.0 Å². The highest BCUT2D eigenvalue weighted by Gasteiger charge is 2.05. The minimum absolute atomic E-state index is 0.756. The van der Waals surface area contributed by atoms with Crippen LogP contribution in [-0.2, 0) is 11.3 Å². The Labute approximate surface area is 121 Å². The molecule has 0 aliphatic rings. The SMILES string of the molecule is COCCCn1ccnc1Nc1cc(C)ccc1Br. The number of ether oxygens (including phenoxy) is 1. The van der Waals surface area contributed by atoms with Gasteiger partial charge >= 0.3 is 0 Å². The smallest absolute Gasteiger partial charge is 0.207 e. The molecule has 0 aliphatic heterocycles. The Morgan fingerprint density at radius 3 is 3.05 bits per heavy atom. The van der Waals surface area contributed by atoms with Gasteiger partial charge in [-0.2, -0.15) is 0 Å². The molecule has 0 amide bonds. The lowest BCUT2D eigenvalue weighted by atomic mass is 10.2. The van der Waals surface area contributed by atoms with E-state index in [9.17, 15) is 0 Å². The number of imidazole rings is 1. The average Bonchev–Trinajstić information content (AvgIpc) is 2.82. The molecule has 0 unspecified atom stereocenters. The molecule has 0 atom stereocenters. The van der Waals surface area contributed by atoms with Gasteiger partial charge in [0, 0.05) is 37.1 Å². The summed E-state index contributed by atoms with van der Waals surface area (Å²) in [4.78, 5) is 4.35. The Hall–Kier alpha value is -1.33. The highest BCUT2D eigenvalue weighted by atomic mass is 79.9. The van der Waals surface area contributed by atoms with Crippen LogP contribution in [-0.4, -0.2) is 23.3 Å². The van der Waals surface area contributed by atoms with Crippen LogP contribution in [0.5, 0.6) is 0 Å². The van der Waals surface area contributed by atoms with Crippen LogP contribution in [0, 0.1) is 6.92 Å². The zero-order chi connectivity index (χ0) is 13.7. The fraction of sp³-hybridized carbons (Fsp3) is 0.357. The number of halogens is 1. The molecule has 0 bridgehead atoms. The van der Waals surface area contributed by atoms with E-state index in [0.29, 0.717) is 0 Å². The second kappa shape index (κ2) is 6.73. The van der Waals surface area contributed by atoms with Gasteiger partial charge in [-0.15, -0.1) is 0 Å². The summed E-state index contributed by atoms with van der Waals surface area (Å²) in [5.74, 6) is 0.849. The van der Waals surface area contributed by atoms with Crippen molar-refractivity contribution in [2.45, 2.75) is 19.9 Å². The number of nitrogens with zero attached hydrogens (tertiary/aromatic N) is 2. The Bertz CT molecular complexity index is 539. The average molecular weight is 324 g/mol. The largest absolute Gasteiger partial charge is 0.385 e. The van der Waals surface area contributed by atoms with Crippen molar-refractivity contribution in [3.63, 3.8) is 0 Å². The maximum atomic E-state index is 5.07. The second-order valence-corrected chi connectivity index (χ2v) is 5.25. The number of benzene rings is 1. The fourth-order valence-electron chi connectivity index (χ4n) is 1.85. The van der Waals surface area contributed by atoms with Gasteiger partial charge in [0.05, 0.1) is 5.69 Å². The van der Waals surface area contributed by atoms with Gasteiger partial charge in [-0.25, -0.2) is 4.98 Å². The summed E-state index contributed by atoms with van der Waals surface area (Å²) in [5.41, 5.74) is 2.24. The summed E-state index contributed by atoms with van der Waals surface area (Å²) < 4.78 is 8.19. The zero-order valence-electron chi connectivity index (χ0n) is 11.2. The van der Waals surface area contributed by atoms with Crippen LogP contribution in [0.3, 0.4) is 0 Å². The fourth-order valence-corrected chi connectivity index (χ4v) is 2.19. The maximum Gasteiger partial charge on any atom is 0.207 e. The van der Waals surface area contributed by atoms with E-state index < -0.39 is 0 Å². The van der Waals surface area contributed by atoms with Crippen LogP contribution >= 0.6 is 15.9 Å². The number of hydrogen-bond acceptors (Lipinski definition) is 3. The van der Waals surface area contributed by atoms with Gasteiger partial charge in [-0.1, -0.05) is 6.07 Å². The van der Waals surface area contributed by atoms with E-state index in [1.165, 1.54) is 5.56 Å². The number of hydrogen-bond donors (Lipinski definition) is 1. The minimum atomic E-state index is 0.756. The van der Waals surface area contributed by atoms with E-state index in [2.05, 4.69) is 49.9 Å². The van der Waals surface area contributed by atoms with E-state index >= 15 is 0 Å². The molecule has 0 radical (unpaired) electrons. The summed E-state index contributed by atoms with van der Waals surface area (Å²) in [5, 5.41) is 3.35. The molecule has 0 saturated carbocycles. The molecule has 4 nitrogen and oxygen atoms in total. The molecule has 102 valence electrons. The molecule has 2 aromatic rings. The quantitative estimate of drug-likeness (QED) is 0.823. The number of rotatable bonds is 6. The van der Waals surface area contributed by atoms with Gasteiger partial charge in [0.1, 0.15) is 0 Å². The molecule has 5 heteroatoms. The number of anilines is 2. The number of aryl methyl sites for hydroxylation is 2. The standard InChI is InChI=1S/C14H18BrN3O/c1-11-4-5-12(15)13(10-11)17-14-16-6-8-18(14)7-3-9-19-2/h4-6,8,10H,3,7,9H2,1-2H3,(H,16,17). The first kappa shape index (κ1) is 14.1. The molecule has 0 saturated heterocycles. The summed E-state index contributed by atoms with van der Waals surface area (Å²) in [6, 6.07) is 6.20. The van der Waals surface area contributed by atoms with Crippen LogP contribution < -0.4 is 5.32 Å². The van der Waals surface area contributed by atoms with E-state index in [4.69, 9.17) is 4.74 Å². The normalized spacial score (nSPS) is 10.7. The third kappa shape index (κ3) is 3.81. The summed E-state index contributed by atoms with van der Waals surface area (Å²) >= 11 is 3.55. The monoisotopic (exact) mass is 323 g/mol. The highest BCUT2D eigenvalue weighted by Crippen LogP contribution is 2.26. The van der Waals surface area contributed by atoms with Crippen LogP contribution in [0.2, 0.25) is 0 Å². The van der Waals surface area contributed by atoms with Crippen molar-refractivity contribution in [3.8, 4) is 0 Å². The molecule has 0 aliphatic carbocycles. The first-order valence-corrected chi connectivity index (χ1v) is 7.03. The Kier molecular flexibility index (Phi) is 4.99. The lowest BCUT2D eigenvalue weighted by Gasteiger charge is -2.11. The predicted molar refractivity (Wildman–Crippen MR) is 80.9 cm³/mol. The minimum Gasteiger partial charge on any atom is -0.385 e. The first-order valence-electron chi connectivity index (χ1n) is 6.24. The van der Waals surface area contributed by atoms with Crippen LogP contribution in [0.4, 0.5) is 11.6 Å². The van der Waals surface area contributed by atoms with Crippen molar-refractivity contribution < 1.29 is 4.74 Å². The molecule has 1 heterocycles. The van der Waals surface area contributed by atoms with Crippen molar-refractivity contribution in [1.29, 1.82) is 0 Å². The lowest BCUT2D eigenvalue weighted by molar-refractivity contribution is 0.190. The lowest BCUT2D eigenvalue weighted by Crippen LogP contribution is -2.05. The number of nitrogens with one attached hydrogen (secondary N) is 1. The van der Waals surface area contributed by atoms with Crippen LogP contribution in [0.15, 0.2) is 35.1 Å². The summed E-state index contributed by atoms with van der Waals surface area (Å²) in [6.45, 7) is 3.72. The number of methoxy groups -OCH3 is 1. The van der Waals surface area contributed by atoms with Crippen molar-refractivity contribution in [1.82, 2.24) is 9.55 Å². The predicted octanol–water partition coefficient (Wildman–Crippen LogP) is 3.73. The van der Waals surface area contributed by atoms with E-state index in [-0.39, 0.29) is 0 Å². The molecule has 0 fully saturated rings. The Balaban J connectivity index is 2.10. The topological polar surface area (TPSA) is 39.1 Å². The van der Waals surface area contributed by atoms with Gasteiger partial charge in [0.15, 0.2) is 0 Å². The van der Waals surface area contributed by atoms with Crippen molar-refractivity contribution in [3.05, 3.63) is 40.6 Å². The van der Waals surface area contributed by atoms with E-state index in [0.717, 1.165) is 35.7 Å². The van der Waals surface area contributed by atoms with Gasteiger partial charge in [0.25, 0.3) is 0 Å². The molecule has 0 spiro atoms. The summed E-state index contributed by atoms with van der Waals surface area (Å²) in [7, 11) is 1.72. The maximum absolute atomic E-state index is 5.07. The first-order chi connectivity index (χ1) is 9.20. The zero-order valence-corrected chi connectivity index (χ0v) is 12.8. The molecule has 1 N–H and O–H groups in total. The second-order valence-electron chi connectivity index (χ2n) is 4.40. The third-order valence-corrected chi connectivity index (χ3v) is 3.52.